The topological polar surface area (TPSA) is 24.5 Å². The van der Waals surface area contributed by atoms with Crippen molar-refractivity contribution in [2.24, 2.45) is 5.92 Å². The van der Waals surface area contributed by atoms with Crippen molar-refractivity contribution in [1.29, 1.82) is 0 Å². The summed E-state index contributed by atoms with van der Waals surface area (Å²) in [6.45, 7) is 1.77. The van der Waals surface area contributed by atoms with Crippen molar-refractivity contribution in [1.82, 2.24) is 4.90 Å². The van der Waals surface area contributed by atoms with Gasteiger partial charge in [-0.15, -0.1) is 0 Å². The lowest BCUT2D eigenvalue weighted by atomic mass is 10.1. The molecule has 0 radical (unpaired) electrons. The molecule has 2 rings (SSSR count). The molecular formula is C15H24N2O. The molecule has 0 bridgehead atoms. The largest absolute Gasteiger partial charge is 0.383 e. The van der Waals surface area contributed by atoms with Crippen molar-refractivity contribution in [3.8, 4) is 0 Å². The molecule has 1 atom stereocenters. The third kappa shape index (κ3) is 4.00. The van der Waals surface area contributed by atoms with E-state index in [2.05, 4.69) is 48.6 Å². The third-order valence-corrected chi connectivity index (χ3v) is 3.32. The van der Waals surface area contributed by atoms with E-state index in [0.29, 0.717) is 6.04 Å². The molecule has 18 heavy (non-hydrogen) atoms. The van der Waals surface area contributed by atoms with Gasteiger partial charge in [0, 0.05) is 19.3 Å². The van der Waals surface area contributed by atoms with E-state index in [1.165, 1.54) is 24.1 Å². The van der Waals surface area contributed by atoms with Crippen LogP contribution in [-0.4, -0.2) is 38.8 Å². The molecule has 1 aromatic carbocycles. The molecule has 1 saturated carbocycles. The lowest BCUT2D eigenvalue weighted by Crippen LogP contribution is -2.27. The molecule has 1 aliphatic carbocycles. The minimum Gasteiger partial charge on any atom is -0.383 e. The maximum absolute atomic E-state index is 5.30. The summed E-state index contributed by atoms with van der Waals surface area (Å²) in [5, 5.41) is 3.61. The quantitative estimate of drug-likeness (QED) is 0.802. The van der Waals surface area contributed by atoms with Gasteiger partial charge in [-0.25, -0.2) is 0 Å². The van der Waals surface area contributed by atoms with Gasteiger partial charge in [-0.05, 0) is 50.6 Å². The number of nitrogens with one attached hydrogen (secondary N) is 1. The average Bonchev–Trinajstić information content (AvgIpc) is 3.12. The normalized spacial score (nSPS) is 16.9. The van der Waals surface area contributed by atoms with Crippen LogP contribution in [0.25, 0.3) is 0 Å². The van der Waals surface area contributed by atoms with E-state index in [0.717, 1.165) is 19.1 Å². The fourth-order valence-electron chi connectivity index (χ4n) is 2.31. The first kappa shape index (κ1) is 13.4. The molecule has 1 N–H and O–H groups in total. The maximum Gasteiger partial charge on any atom is 0.0666 e. The fraction of sp³-hybridized carbons (Fsp3) is 0.600. The Morgan fingerprint density at radius 1 is 1.39 bits per heavy atom. The second-order valence-corrected chi connectivity index (χ2v) is 5.48. The summed E-state index contributed by atoms with van der Waals surface area (Å²) in [4.78, 5) is 2.19. The highest BCUT2D eigenvalue weighted by molar-refractivity contribution is 5.47. The zero-order valence-electron chi connectivity index (χ0n) is 11.6. The Bertz CT molecular complexity index is 375. The molecule has 1 aromatic rings. The third-order valence-electron chi connectivity index (χ3n) is 3.32. The number of benzene rings is 1. The highest BCUT2D eigenvalue weighted by Crippen LogP contribution is 2.34. The van der Waals surface area contributed by atoms with E-state index in [-0.39, 0.29) is 0 Å². The number of hydrogen-bond acceptors (Lipinski definition) is 3. The first-order valence-electron chi connectivity index (χ1n) is 6.68. The van der Waals surface area contributed by atoms with Gasteiger partial charge in [0.25, 0.3) is 0 Å². The van der Waals surface area contributed by atoms with Gasteiger partial charge in [0.1, 0.15) is 0 Å². The van der Waals surface area contributed by atoms with Gasteiger partial charge in [0.15, 0.2) is 0 Å². The van der Waals surface area contributed by atoms with Gasteiger partial charge < -0.3 is 15.0 Å². The second kappa shape index (κ2) is 6.21. The molecule has 100 valence electrons. The van der Waals surface area contributed by atoms with E-state index in [9.17, 15) is 0 Å². The Hall–Kier alpha value is -1.06. The van der Waals surface area contributed by atoms with Crippen LogP contribution in [0.2, 0.25) is 0 Å². The number of ether oxygens (including phenoxy) is 1. The monoisotopic (exact) mass is 248 g/mol. The fourth-order valence-corrected chi connectivity index (χ4v) is 2.31. The van der Waals surface area contributed by atoms with Crippen LogP contribution >= 0.6 is 0 Å². The molecule has 0 amide bonds. The van der Waals surface area contributed by atoms with Gasteiger partial charge >= 0.3 is 0 Å². The van der Waals surface area contributed by atoms with Crippen LogP contribution < -0.4 is 5.32 Å². The Balaban J connectivity index is 1.98. The number of rotatable bonds is 7. The Labute approximate surface area is 110 Å². The van der Waals surface area contributed by atoms with Gasteiger partial charge in [0.2, 0.25) is 0 Å². The van der Waals surface area contributed by atoms with Crippen LogP contribution in [0.4, 0.5) is 5.69 Å². The van der Waals surface area contributed by atoms with Gasteiger partial charge in [0.05, 0.1) is 12.6 Å². The van der Waals surface area contributed by atoms with E-state index in [1.54, 1.807) is 7.11 Å². The summed E-state index contributed by atoms with van der Waals surface area (Å²) in [5.74, 6) is 0.794. The van der Waals surface area contributed by atoms with E-state index < -0.39 is 0 Å². The number of anilines is 1. The van der Waals surface area contributed by atoms with Gasteiger partial charge in [-0.2, -0.15) is 0 Å². The van der Waals surface area contributed by atoms with E-state index >= 15 is 0 Å². The Kier molecular flexibility index (Phi) is 4.61. The summed E-state index contributed by atoms with van der Waals surface area (Å²) >= 11 is 0. The number of nitrogens with zero attached hydrogens (tertiary/aromatic N) is 1. The molecule has 0 aliphatic heterocycles. The number of methoxy groups -OCH3 is 1. The van der Waals surface area contributed by atoms with Crippen LogP contribution in [0.1, 0.15) is 18.4 Å². The highest BCUT2D eigenvalue weighted by atomic mass is 16.5. The molecule has 3 nitrogen and oxygen atoms in total. The van der Waals surface area contributed by atoms with Crippen molar-refractivity contribution < 1.29 is 4.74 Å². The Morgan fingerprint density at radius 2 is 2.17 bits per heavy atom. The van der Waals surface area contributed by atoms with E-state index in [4.69, 9.17) is 4.74 Å². The average molecular weight is 248 g/mol. The van der Waals surface area contributed by atoms with Crippen molar-refractivity contribution in [3.63, 3.8) is 0 Å². The highest BCUT2D eigenvalue weighted by Gasteiger charge is 2.31. The number of hydrogen-bond donors (Lipinski definition) is 1. The first-order valence-corrected chi connectivity index (χ1v) is 6.68. The standard InChI is InChI=1S/C15H24N2O/c1-17(2)10-12-5-4-6-14(9-12)16-15(11-18-3)13-7-8-13/h4-6,9,13,15-16H,7-8,10-11H2,1-3H3. The molecular weight excluding hydrogens is 224 g/mol. The molecule has 0 saturated heterocycles. The Morgan fingerprint density at radius 3 is 2.78 bits per heavy atom. The molecule has 0 spiro atoms. The summed E-state index contributed by atoms with van der Waals surface area (Å²) in [6, 6.07) is 9.14. The van der Waals surface area contributed by atoms with Crippen molar-refractivity contribution in [3.05, 3.63) is 29.8 Å². The van der Waals surface area contributed by atoms with Crippen LogP contribution in [0.15, 0.2) is 24.3 Å². The van der Waals surface area contributed by atoms with Crippen LogP contribution in [-0.2, 0) is 11.3 Å². The molecule has 1 unspecified atom stereocenters. The molecule has 1 aliphatic rings. The molecule has 0 aromatic heterocycles. The zero-order chi connectivity index (χ0) is 13.0. The van der Waals surface area contributed by atoms with Crippen molar-refractivity contribution >= 4 is 5.69 Å². The molecule has 0 heterocycles. The lowest BCUT2D eigenvalue weighted by Gasteiger charge is -2.19. The lowest BCUT2D eigenvalue weighted by molar-refractivity contribution is 0.179. The van der Waals surface area contributed by atoms with Crippen LogP contribution in [0.3, 0.4) is 0 Å². The predicted molar refractivity (Wildman–Crippen MR) is 75.8 cm³/mol. The summed E-state index contributed by atoms with van der Waals surface area (Å²) in [5.41, 5.74) is 2.56. The van der Waals surface area contributed by atoms with Gasteiger partial charge in [-0.3, -0.25) is 0 Å². The SMILES string of the molecule is COCC(Nc1cccc(CN(C)C)c1)C1CC1. The molecule has 3 heteroatoms. The van der Waals surface area contributed by atoms with Crippen LogP contribution in [0.5, 0.6) is 0 Å². The molecule has 1 fully saturated rings. The summed E-state index contributed by atoms with van der Waals surface area (Å²) < 4.78 is 5.30. The minimum absolute atomic E-state index is 0.463. The van der Waals surface area contributed by atoms with Crippen molar-refractivity contribution in [2.45, 2.75) is 25.4 Å². The zero-order valence-corrected chi connectivity index (χ0v) is 11.6. The first-order chi connectivity index (χ1) is 8.69. The summed E-state index contributed by atoms with van der Waals surface area (Å²) in [6.07, 6.45) is 2.66. The minimum atomic E-state index is 0.463. The van der Waals surface area contributed by atoms with E-state index in [1.807, 2.05) is 0 Å². The second-order valence-electron chi connectivity index (χ2n) is 5.48. The van der Waals surface area contributed by atoms with Crippen molar-refractivity contribution in [2.75, 3.05) is 33.1 Å². The van der Waals surface area contributed by atoms with Gasteiger partial charge in [-0.1, -0.05) is 12.1 Å². The van der Waals surface area contributed by atoms with Crippen LogP contribution in [0, 0.1) is 5.92 Å². The smallest absolute Gasteiger partial charge is 0.0666 e. The maximum atomic E-state index is 5.30. The predicted octanol–water partition coefficient (Wildman–Crippen LogP) is 2.59. The summed E-state index contributed by atoms with van der Waals surface area (Å²) in [7, 11) is 5.97.